The summed E-state index contributed by atoms with van der Waals surface area (Å²) in [7, 11) is -4.02. The van der Waals surface area contributed by atoms with Crippen LogP contribution in [-0.2, 0) is 14.9 Å². The van der Waals surface area contributed by atoms with E-state index in [1.807, 2.05) is 0 Å². The number of rotatable bonds is 4. The molecule has 0 saturated heterocycles. The molecular formula is C8H9F2NO3S. The van der Waals surface area contributed by atoms with E-state index in [2.05, 4.69) is 4.84 Å². The SMILES string of the molecule is CCONS(=O)(=O)c1cc(F)cc(F)c1. The zero-order valence-corrected chi connectivity index (χ0v) is 8.64. The smallest absolute Gasteiger partial charge is 0.262 e. The summed E-state index contributed by atoms with van der Waals surface area (Å²) in [4.78, 5) is 5.65. The minimum atomic E-state index is -4.02. The lowest BCUT2D eigenvalue weighted by Crippen LogP contribution is -2.24. The van der Waals surface area contributed by atoms with Gasteiger partial charge in [0.1, 0.15) is 11.6 Å². The standard InChI is InChI=1S/C8H9F2NO3S/c1-2-14-11-15(12,13)8-4-6(9)3-7(10)5-8/h3-5,11H,2H2,1H3. The molecule has 0 aromatic heterocycles. The van der Waals surface area contributed by atoms with E-state index in [0.717, 1.165) is 0 Å². The van der Waals surface area contributed by atoms with Gasteiger partial charge < -0.3 is 0 Å². The van der Waals surface area contributed by atoms with Crippen molar-refractivity contribution in [1.82, 2.24) is 4.89 Å². The fourth-order valence-electron chi connectivity index (χ4n) is 0.868. The lowest BCUT2D eigenvalue weighted by atomic mass is 10.3. The Bertz CT molecular complexity index is 427. The van der Waals surface area contributed by atoms with Crippen molar-refractivity contribution >= 4 is 10.0 Å². The topological polar surface area (TPSA) is 55.4 Å². The summed E-state index contributed by atoms with van der Waals surface area (Å²) in [5.41, 5.74) is 0. The van der Waals surface area contributed by atoms with Crippen LogP contribution in [0.15, 0.2) is 23.1 Å². The van der Waals surface area contributed by atoms with Crippen LogP contribution in [0, 0.1) is 11.6 Å². The lowest BCUT2D eigenvalue weighted by molar-refractivity contribution is 0.105. The third-order valence-electron chi connectivity index (χ3n) is 1.46. The van der Waals surface area contributed by atoms with Crippen molar-refractivity contribution in [2.75, 3.05) is 6.61 Å². The molecule has 0 spiro atoms. The Labute approximate surface area is 85.9 Å². The second kappa shape index (κ2) is 4.65. The highest BCUT2D eigenvalue weighted by atomic mass is 32.2. The van der Waals surface area contributed by atoms with Gasteiger partial charge in [0.25, 0.3) is 10.0 Å². The molecule has 0 aliphatic heterocycles. The normalized spacial score (nSPS) is 11.7. The van der Waals surface area contributed by atoms with Crippen LogP contribution in [-0.4, -0.2) is 15.0 Å². The number of hydrogen-bond donors (Lipinski definition) is 1. The van der Waals surface area contributed by atoms with Crippen molar-refractivity contribution in [2.24, 2.45) is 0 Å². The van der Waals surface area contributed by atoms with Crippen LogP contribution in [0.5, 0.6) is 0 Å². The Balaban J connectivity index is 3.04. The molecule has 7 heteroatoms. The Hall–Kier alpha value is -1.05. The second-order valence-electron chi connectivity index (χ2n) is 2.62. The van der Waals surface area contributed by atoms with E-state index in [-0.39, 0.29) is 6.61 Å². The van der Waals surface area contributed by atoms with Crippen molar-refractivity contribution < 1.29 is 22.0 Å². The molecule has 0 aliphatic carbocycles. The van der Waals surface area contributed by atoms with Gasteiger partial charge in [-0.3, -0.25) is 4.84 Å². The molecule has 4 nitrogen and oxygen atoms in total. The van der Waals surface area contributed by atoms with E-state index in [4.69, 9.17) is 0 Å². The summed E-state index contributed by atoms with van der Waals surface area (Å²) in [6, 6.07) is 1.98. The summed E-state index contributed by atoms with van der Waals surface area (Å²) in [5, 5.41) is 0. The van der Waals surface area contributed by atoms with Crippen molar-refractivity contribution in [2.45, 2.75) is 11.8 Å². The number of hydrogen-bond acceptors (Lipinski definition) is 3. The fraction of sp³-hybridized carbons (Fsp3) is 0.250. The number of benzene rings is 1. The molecule has 1 rings (SSSR count). The summed E-state index contributed by atoms with van der Waals surface area (Å²) >= 11 is 0. The zero-order valence-electron chi connectivity index (χ0n) is 7.83. The molecule has 1 aromatic carbocycles. The van der Waals surface area contributed by atoms with Gasteiger partial charge in [0.05, 0.1) is 11.5 Å². The van der Waals surface area contributed by atoms with Crippen molar-refractivity contribution in [3.8, 4) is 0 Å². The highest BCUT2D eigenvalue weighted by molar-refractivity contribution is 7.89. The van der Waals surface area contributed by atoms with Gasteiger partial charge in [-0.2, -0.15) is 0 Å². The molecule has 1 aromatic rings. The highest BCUT2D eigenvalue weighted by Gasteiger charge is 2.16. The predicted molar refractivity (Wildman–Crippen MR) is 48.3 cm³/mol. The first kappa shape index (κ1) is 12.0. The Morgan fingerprint density at radius 1 is 1.27 bits per heavy atom. The summed E-state index contributed by atoms with van der Waals surface area (Å²) in [6.07, 6.45) is 0. The van der Waals surface area contributed by atoms with Crippen LogP contribution in [0.3, 0.4) is 0 Å². The minimum absolute atomic E-state index is 0.108. The monoisotopic (exact) mass is 237 g/mol. The Morgan fingerprint density at radius 2 is 1.80 bits per heavy atom. The third kappa shape index (κ3) is 3.22. The molecule has 0 fully saturated rings. The maximum atomic E-state index is 12.7. The zero-order chi connectivity index (χ0) is 11.5. The second-order valence-corrected chi connectivity index (χ2v) is 4.27. The van der Waals surface area contributed by atoms with Gasteiger partial charge in [0, 0.05) is 6.07 Å². The van der Waals surface area contributed by atoms with E-state index < -0.39 is 26.6 Å². The molecule has 0 saturated carbocycles. The molecular weight excluding hydrogens is 228 g/mol. The van der Waals surface area contributed by atoms with Crippen molar-refractivity contribution in [1.29, 1.82) is 0 Å². The average molecular weight is 237 g/mol. The molecule has 84 valence electrons. The molecule has 1 N–H and O–H groups in total. The third-order valence-corrected chi connectivity index (χ3v) is 2.65. The van der Waals surface area contributed by atoms with Crippen molar-refractivity contribution in [3.63, 3.8) is 0 Å². The van der Waals surface area contributed by atoms with Crippen LogP contribution < -0.4 is 4.89 Å². The maximum absolute atomic E-state index is 12.7. The molecule has 0 atom stereocenters. The number of nitrogens with one attached hydrogen (secondary N) is 1. The van der Waals surface area contributed by atoms with Crippen molar-refractivity contribution in [3.05, 3.63) is 29.8 Å². The minimum Gasteiger partial charge on any atom is -0.287 e. The first-order valence-corrected chi connectivity index (χ1v) is 5.53. The van der Waals surface area contributed by atoms with Crippen LogP contribution in [0.25, 0.3) is 0 Å². The Kier molecular flexibility index (Phi) is 3.72. The molecule has 0 unspecified atom stereocenters. The quantitative estimate of drug-likeness (QED) is 0.800. The van der Waals surface area contributed by atoms with Gasteiger partial charge in [-0.15, -0.1) is 0 Å². The maximum Gasteiger partial charge on any atom is 0.262 e. The molecule has 0 aliphatic rings. The number of halogens is 2. The van der Waals surface area contributed by atoms with E-state index in [1.54, 1.807) is 11.8 Å². The van der Waals surface area contributed by atoms with E-state index in [0.29, 0.717) is 18.2 Å². The van der Waals surface area contributed by atoms with Gasteiger partial charge in [-0.25, -0.2) is 17.2 Å². The summed E-state index contributed by atoms with van der Waals surface area (Å²) < 4.78 is 48.1. The first-order valence-electron chi connectivity index (χ1n) is 4.05. The van der Waals surface area contributed by atoms with E-state index in [9.17, 15) is 17.2 Å². The van der Waals surface area contributed by atoms with Crippen LogP contribution in [0.4, 0.5) is 8.78 Å². The first-order chi connectivity index (χ1) is 6.95. The largest absolute Gasteiger partial charge is 0.287 e. The molecule has 0 amide bonds. The van der Waals surface area contributed by atoms with Gasteiger partial charge in [0.15, 0.2) is 0 Å². The highest BCUT2D eigenvalue weighted by Crippen LogP contribution is 2.13. The van der Waals surface area contributed by atoms with Crippen LogP contribution in [0.1, 0.15) is 6.92 Å². The van der Waals surface area contributed by atoms with Gasteiger partial charge >= 0.3 is 0 Å². The lowest BCUT2D eigenvalue weighted by Gasteiger charge is -2.05. The molecule has 0 radical (unpaired) electrons. The van der Waals surface area contributed by atoms with E-state index in [1.165, 1.54) is 0 Å². The number of sulfonamides is 1. The van der Waals surface area contributed by atoms with Gasteiger partial charge in [-0.05, 0) is 19.1 Å². The molecule has 0 heterocycles. The summed E-state index contributed by atoms with van der Waals surface area (Å²) in [6.45, 7) is 1.67. The Morgan fingerprint density at radius 3 is 2.27 bits per heavy atom. The van der Waals surface area contributed by atoms with Crippen LogP contribution >= 0.6 is 0 Å². The van der Waals surface area contributed by atoms with Crippen LogP contribution in [0.2, 0.25) is 0 Å². The predicted octanol–water partition coefficient (Wildman–Crippen LogP) is 1.19. The van der Waals surface area contributed by atoms with Gasteiger partial charge in [0.2, 0.25) is 0 Å². The molecule has 15 heavy (non-hydrogen) atoms. The van der Waals surface area contributed by atoms with Gasteiger partial charge in [-0.1, -0.05) is 4.89 Å². The van der Waals surface area contributed by atoms with E-state index >= 15 is 0 Å². The fourth-order valence-corrected chi connectivity index (χ4v) is 1.77. The summed E-state index contributed by atoms with van der Waals surface area (Å²) in [5.74, 6) is -1.93. The average Bonchev–Trinajstić information content (AvgIpc) is 2.13. The molecule has 0 bridgehead atoms.